The van der Waals surface area contributed by atoms with Gasteiger partial charge in [0.1, 0.15) is 0 Å². The van der Waals surface area contributed by atoms with Gasteiger partial charge in [0.15, 0.2) is 5.16 Å². The monoisotopic (exact) mass is 391 g/mol. The van der Waals surface area contributed by atoms with E-state index in [0.717, 1.165) is 5.69 Å². The Hall–Kier alpha value is -2.59. The summed E-state index contributed by atoms with van der Waals surface area (Å²) in [5.74, 6) is 0.352. The number of anilines is 1. The first-order valence-electron chi connectivity index (χ1n) is 8.51. The van der Waals surface area contributed by atoms with E-state index in [0.29, 0.717) is 42.8 Å². The maximum atomic E-state index is 12.4. The van der Waals surface area contributed by atoms with Crippen molar-refractivity contribution in [1.82, 2.24) is 14.5 Å². The van der Waals surface area contributed by atoms with Gasteiger partial charge in [-0.2, -0.15) is 0 Å². The van der Waals surface area contributed by atoms with Gasteiger partial charge in [-0.1, -0.05) is 11.8 Å². The number of hydrogen-bond acceptors (Lipinski definition) is 7. The quantitative estimate of drug-likeness (QED) is 0.449. The van der Waals surface area contributed by atoms with Crippen LogP contribution in [0.25, 0.3) is 0 Å². The third-order valence-corrected chi connectivity index (χ3v) is 5.62. The van der Waals surface area contributed by atoms with E-state index in [1.807, 2.05) is 11.9 Å². The Labute approximate surface area is 160 Å². The van der Waals surface area contributed by atoms with Gasteiger partial charge in [0, 0.05) is 51.0 Å². The Kier molecular flexibility index (Phi) is 5.97. The molecule has 1 amide bonds. The highest BCUT2D eigenvalue weighted by molar-refractivity contribution is 7.99. The molecule has 9 nitrogen and oxygen atoms in total. The minimum Gasteiger partial charge on any atom is -0.390 e. The van der Waals surface area contributed by atoms with Gasteiger partial charge in [-0.3, -0.25) is 14.9 Å². The molecule has 0 atom stereocenters. The third-order valence-electron chi connectivity index (χ3n) is 4.59. The molecular formula is C17H21N5O4S. The van der Waals surface area contributed by atoms with Crippen LogP contribution in [0.5, 0.6) is 0 Å². The van der Waals surface area contributed by atoms with Crippen LogP contribution < -0.4 is 4.90 Å². The number of nitro benzene ring substituents is 1. The molecular weight excluding hydrogens is 370 g/mol. The third kappa shape index (κ3) is 4.40. The predicted octanol–water partition coefficient (Wildman–Crippen LogP) is 1.26. The molecule has 3 rings (SSSR count). The maximum Gasteiger partial charge on any atom is 0.269 e. The van der Waals surface area contributed by atoms with Gasteiger partial charge in [0.2, 0.25) is 5.91 Å². The molecule has 0 saturated carbocycles. The van der Waals surface area contributed by atoms with Crippen LogP contribution in [0, 0.1) is 10.1 Å². The number of aromatic nitrogens is 2. The minimum atomic E-state index is -0.414. The molecule has 1 N–H and O–H groups in total. The van der Waals surface area contributed by atoms with E-state index >= 15 is 0 Å². The molecule has 1 aliphatic heterocycles. The van der Waals surface area contributed by atoms with Crippen LogP contribution in [0.4, 0.5) is 11.4 Å². The summed E-state index contributed by atoms with van der Waals surface area (Å²) >= 11 is 1.36. The number of carbonyl (C=O) groups excluding carboxylic acids is 1. The molecule has 1 aromatic carbocycles. The van der Waals surface area contributed by atoms with Gasteiger partial charge in [0.05, 0.1) is 29.2 Å². The van der Waals surface area contributed by atoms with Crippen molar-refractivity contribution in [3.8, 4) is 0 Å². The molecule has 2 heterocycles. The van der Waals surface area contributed by atoms with Crippen LogP contribution in [0.15, 0.2) is 35.6 Å². The lowest BCUT2D eigenvalue weighted by atomic mass is 10.2. The zero-order valence-electron chi connectivity index (χ0n) is 14.9. The van der Waals surface area contributed by atoms with Crippen LogP contribution in [0.1, 0.15) is 5.69 Å². The lowest BCUT2D eigenvalue weighted by Crippen LogP contribution is -2.49. The van der Waals surface area contributed by atoms with Crippen molar-refractivity contribution in [1.29, 1.82) is 0 Å². The number of rotatable bonds is 6. The second-order valence-electron chi connectivity index (χ2n) is 6.18. The molecule has 0 bridgehead atoms. The molecule has 1 saturated heterocycles. The summed E-state index contributed by atoms with van der Waals surface area (Å²) in [5.41, 5.74) is 1.71. The van der Waals surface area contributed by atoms with E-state index < -0.39 is 4.92 Å². The number of aliphatic hydroxyl groups excluding tert-OH is 1. The Bertz CT molecular complexity index is 815. The van der Waals surface area contributed by atoms with Crippen LogP contribution >= 0.6 is 11.8 Å². The molecule has 10 heteroatoms. The average Bonchev–Trinajstić information content (AvgIpc) is 3.06. The predicted molar refractivity (Wildman–Crippen MR) is 102 cm³/mol. The Balaban J connectivity index is 1.50. The minimum absolute atomic E-state index is 0.0527. The summed E-state index contributed by atoms with van der Waals surface area (Å²) < 4.78 is 1.78. The highest BCUT2D eigenvalue weighted by Crippen LogP contribution is 2.22. The summed E-state index contributed by atoms with van der Waals surface area (Å²) in [5, 5.41) is 20.6. The number of nitrogens with zero attached hydrogens (tertiary/aromatic N) is 5. The fourth-order valence-electron chi connectivity index (χ4n) is 2.92. The zero-order chi connectivity index (χ0) is 19.4. The number of carbonyl (C=O) groups is 1. The van der Waals surface area contributed by atoms with Gasteiger partial charge in [-0.15, -0.1) is 0 Å². The number of piperazine rings is 1. The smallest absolute Gasteiger partial charge is 0.269 e. The normalized spacial score (nSPS) is 14.4. The maximum absolute atomic E-state index is 12.4. The van der Waals surface area contributed by atoms with Gasteiger partial charge < -0.3 is 19.5 Å². The van der Waals surface area contributed by atoms with Crippen molar-refractivity contribution < 1.29 is 14.8 Å². The number of thioether (sulfide) groups is 1. The number of aliphatic hydroxyl groups is 1. The van der Waals surface area contributed by atoms with Crippen LogP contribution in [-0.4, -0.2) is 62.3 Å². The molecule has 0 spiro atoms. The van der Waals surface area contributed by atoms with Crippen molar-refractivity contribution in [2.24, 2.45) is 7.05 Å². The topological polar surface area (TPSA) is 105 Å². The standard InChI is InChI=1S/C17H21N5O4S/c1-19-15(11-23)10-18-17(19)27-12-16(24)21-8-6-20(7-9-21)13-2-4-14(5-3-13)22(25)26/h2-5,10,23H,6-9,11-12H2,1H3. The molecule has 0 radical (unpaired) electrons. The molecule has 0 aliphatic carbocycles. The lowest BCUT2D eigenvalue weighted by Gasteiger charge is -2.36. The fourth-order valence-corrected chi connectivity index (χ4v) is 3.80. The van der Waals surface area contributed by atoms with Crippen LogP contribution in [-0.2, 0) is 18.4 Å². The van der Waals surface area contributed by atoms with Crippen molar-refractivity contribution >= 4 is 29.0 Å². The number of hydrogen-bond donors (Lipinski definition) is 1. The Morgan fingerprint density at radius 3 is 2.48 bits per heavy atom. The van der Waals surface area contributed by atoms with Crippen LogP contribution in [0.3, 0.4) is 0 Å². The van der Waals surface area contributed by atoms with E-state index in [-0.39, 0.29) is 18.2 Å². The van der Waals surface area contributed by atoms with Gasteiger partial charge in [-0.25, -0.2) is 4.98 Å². The van der Waals surface area contributed by atoms with Gasteiger partial charge in [-0.05, 0) is 12.1 Å². The van der Waals surface area contributed by atoms with Crippen molar-refractivity contribution in [3.05, 3.63) is 46.3 Å². The van der Waals surface area contributed by atoms with E-state index in [9.17, 15) is 20.0 Å². The van der Waals surface area contributed by atoms with Crippen molar-refractivity contribution in [2.45, 2.75) is 11.8 Å². The summed E-state index contributed by atoms with van der Waals surface area (Å²) in [7, 11) is 1.81. The van der Waals surface area contributed by atoms with E-state index in [1.165, 1.54) is 23.9 Å². The average molecular weight is 391 g/mol. The molecule has 1 aliphatic rings. The molecule has 1 fully saturated rings. The number of amides is 1. The number of non-ortho nitro benzene ring substituents is 1. The summed E-state index contributed by atoms with van der Waals surface area (Å²) in [6, 6.07) is 6.48. The molecule has 27 heavy (non-hydrogen) atoms. The zero-order valence-corrected chi connectivity index (χ0v) is 15.8. The highest BCUT2D eigenvalue weighted by Gasteiger charge is 2.22. The van der Waals surface area contributed by atoms with Gasteiger partial charge >= 0.3 is 0 Å². The Morgan fingerprint density at radius 2 is 1.93 bits per heavy atom. The van der Waals surface area contributed by atoms with Crippen LogP contribution in [0.2, 0.25) is 0 Å². The van der Waals surface area contributed by atoms with Crippen molar-refractivity contribution in [2.75, 3.05) is 36.8 Å². The van der Waals surface area contributed by atoms with Gasteiger partial charge in [0.25, 0.3) is 5.69 Å². The first kappa shape index (κ1) is 19.2. The summed E-state index contributed by atoms with van der Waals surface area (Å²) in [6.45, 7) is 2.51. The first-order chi connectivity index (χ1) is 13.0. The van der Waals surface area contributed by atoms with E-state index in [4.69, 9.17) is 0 Å². The number of nitro groups is 1. The molecule has 144 valence electrons. The summed E-state index contributed by atoms with van der Waals surface area (Å²) in [6.07, 6.45) is 1.61. The van der Waals surface area contributed by atoms with E-state index in [1.54, 1.807) is 22.9 Å². The molecule has 2 aromatic rings. The number of imidazole rings is 1. The highest BCUT2D eigenvalue weighted by atomic mass is 32.2. The Morgan fingerprint density at radius 1 is 1.26 bits per heavy atom. The largest absolute Gasteiger partial charge is 0.390 e. The molecule has 0 unspecified atom stereocenters. The first-order valence-corrected chi connectivity index (χ1v) is 9.49. The number of benzene rings is 1. The fraction of sp³-hybridized carbons (Fsp3) is 0.412. The summed E-state index contributed by atoms with van der Waals surface area (Å²) in [4.78, 5) is 30.9. The molecule has 1 aromatic heterocycles. The lowest BCUT2D eigenvalue weighted by molar-refractivity contribution is -0.384. The second kappa shape index (κ2) is 8.40. The van der Waals surface area contributed by atoms with E-state index in [2.05, 4.69) is 9.88 Å². The second-order valence-corrected chi connectivity index (χ2v) is 7.12. The SMILES string of the molecule is Cn1c(CO)cnc1SCC(=O)N1CCN(c2ccc([N+](=O)[O-])cc2)CC1. The van der Waals surface area contributed by atoms with Crippen molar-refractivity contribution in [3.63, 3.8) is 0 Å².